The highest BCUT2D eigenvalue weighted by Crippen LogP contribution is 2.29. The normalized spacial score (nSPS) is 12.4. The van der Waals surface area contributed by atoms with Crippen LogP contribution in [0.25, 0.3) is 10.6 Å². The summed E-state index contributed by atoms with van der Waals surface area (Å²) in [6.07, 6.45) is 0. The summed E-state index contributed by atoms with van der Waals surface area (Å²) in [5.41, 5.74) is 2.26. The monoisotopic (exact) mass is 360 g/mol. The SMILES string of the molecule is Cc1ccc(-c2cc(C(=O)N(C)C(C)c3nc(C)sc3C)n[nH]2)s1. The average Bonchev–Trinajstić information content (AvgIpc) is 3.25. The molecule has 0 aliphatic carbocycles. The van der Waals surface area contributed by atoms with Gasteiger partial charge in [0, 0.05) is 16.8 Å². The van der Waals surface area contributed by atoms with Crippen LogP contribution in [0.2, 0.25) is 0 Å². The Kier molecular flexibility index (Phi) is 4.56. The zero-order valence-electron chi connectivity index (χ0n) is 14.4. The molecule has 0 aromatic carbocycles. The van der Waals surface area contributed by atoms with Gasteiger partial charge < -0.3 is 4.90 Å². The standard InChI is InChI=1S/C17H20N4OS2/c1-9-6-7-15(23-9)13-8-14(20-19-13)17(22)21(5)10(2)16-11(3)24-12(4)18-16/h6-8,10H,1-5H3,(H,19,20). The first-order valence-corrected chi connectivity index (χ1v) is 9.33. The van der Waals surface area contributed by atoms with Crippen molar-refractivity contribution in [2.75, 3.05) is 7.05 Å². The number of thiazole rings is 1. The zero-order chi connectivity index (χ0) is 17.4. The molecule has 0 aliphatic heterocycles. The van der Waals surface area contributed by atoms with Gasteiger partial charge in [0.05, 0.1) is 27.3 Å². The van der Waals surface area contributed by atoms with Gasteiger partial charge in [-0.3, -0.25) is 9.89 Å². The first-order chi connectivity index (χ1) is 11.4. The van der Waals surface area contributed by atoms with Crippen LogP contribution in [-0.2, 0) is 0 Å². The number of hydrogen-bond donors (Lipinski definition) is 1. The Morgan fingerprint density at radius 1 is 1.25 bits per heavy atom. The molecule has 3 aromatic rings. The fourth-order valence-electron chi connectivity index (χ4n) is 2.61. The number of thiophene rings is 1. The maximum Gasteiger partial charge on any atom is 0.274 e. The number of carbonyl (C=O) groups is 1. The van der Waals surface area contributed by atoms with Crippen LogP contribution in [0.3, 0.4) is 0 Å². The van der Waals surface area contributed by atoms with Gasteiger partial charge in [0.1, 0.15) is 0 Å². The molecule has 126 valence electrons. The van der Waals surface area contributed by atoms with E-state index in [2.05, 4.69) is 28.2 Å². The van der Waals surface area contributed by atoms with E-state index in [1.54, 1.807) is 34.6 Å². The second-order valence-electron chi connectivity index (χ2n) is 5.84. The van der Waals surface area contributed by atoms with Gasteiger partial charge in [-0.1, -0.05) is 0 Å². The Labute approximate surface area is 149 Å². The predicted octanol–water partition coefficient (Wildman–Crippen LogP) is 4.35. The molecule has 1 amide bonds. The highest BCUT2D eigenvalue weighted by molar-refractivity contribution is 7.15. The van der Waals surface area contributed by atoms with Crippen LogP contribution in [0.1, 0.15) is 43.9 Å². The molecule has 7 heteroatoms. The molecule has 0 aliphatic rings. The number of nitrogens with one attached hydrogen (secondary N) is 1. The average molecular weight is 361 g/mol. The van der Waals surface area contributed by atoms with Crippen LogP contribution >= 0.6 is 22.7 Å². The summed E-state index contributed by atoms with van der Waals surface area (Å²) in [7, 11) is 1.80. The first-order valence-electron chi connectivity index (χ1n) is 7.70. The number of hydrogen-bond acceptors (Lipinski definition) is 5. The van der Waals surface area contributed by atoms with E-state index < -0.39 is 0 Å². The molecule has 3 heterocycles. The molecule has 0 saturated carbocycles. The number of amides is 1. The molecule has 0 fully saturated rings. The summed E-state index contributed by atoms with van der Waals surface area (Å²) >= 11 is 3.33. The Bertz CT molecular complexity index is 877. The smallest absolute Gasteiger partial charge is 0.274 e. The minimum atomic E-state index is -0.108. The Balaban J connectivity index is 1.81. The lowest BCUT2D eigenvalue weighted by atomic mass is 10.2. The van der Waals surface area contributed by atoms with Gasteiger partial charge in [-0.05, 0) is 45.9 Å². The molecule has 1 atom stereocenters. The van der Waals surface area contributed by atoms with E-state index >= 15 is 0 Å². The first kappa shape index (κ1) is 16.9. The molecule has 0 radical (unpaired) electrons. The Morgan fingerprint density at radius 2 is 2.00 bits per heavy atom. The van der Waals surface area contributed by atoms with Crippen LogP contribution in [0.4, 0.5) is 0 Å². The third-order valence-electron chi connectivity index (χ3n) is 4.04. The van der Waals surface area contributed by atoms with Crippen molar-refractivity contribution in [1.29, 1.82) is 0 Å². The highest BCUT2D eigenvalue weighted by Gasteiger charge is 2.24. The van der Waals surface area contributed by atoms with Crippen LogP contribution in [0.15, 0.2) is 18.2 Å². The van der Waals surface area contributed by atoms with E-state index in [9.17, 15) is 4.79 Å². The molecular formula is C17H20N4OS2. The van der Waals surface area contributed by atoms with Crippen LogP contribution in [0, 0.1) is 20.8 Å². The van der Waals surface area contributed by atoms with Crippen molar-refractivity contribution < 1.29 is 4.79 Å². The minimum Gasteiger partial charge on any atom is -0.332 e. The van der Waals surface area contributed by atoms with E-state index in [0.29, 0.717) is 5.69 Å². The molecule has 0 saturated heterocycles. The Hall–Kier alpha value is -1.99. The molecule has 24 heavy (non-hydrogen) atoms. The number of aryl methyl sites for hydroxylation is 3. The quantitative estimate of drug-likeness (QED) is 0.752. The number of aromatic nitrogens is 3. The largest absolute Gasteiger partial charge is 0.332 e. The second-order valence-corrected chi connectivity index (χ2v) is 8.54. The van der Waals surface area contributed by atoms with Crippen molar-refractivity contribution in [3.05, 3.63) is 44.3 Å². The molecular weight excluding hydrogens is 340 g/mol. The summed E-state index contributed by atoms with van der Waals surface area (Å²) < 4.78 is 0. The van der Waals surface area contributed by atoms with Crippen molar-refractivity contribution in [2.45, 2.75) is 33.7 Å². The fraction of sp³-hybridized carbons (Fsp3) is 0.353. The lowest BCUT2D eigenvalue weighted by Crippen LogP contribution is -2.30. The van der Waals surface area contributed by atoms with Crippen molar-refractivity contribution in [2.24, 2.45) is 0 Å². The topological polar surface area (TPSA) is 61.9 Å². The molecule has 3 aromatic heterocycles. The molecule has 5 nitrogen and oxygen atoms in total. The van der Waals surface area contributed by atoms with Crippen molar-refractivity contribution in [1.82, 2.24) is 20.1 Å². The van der Waals surface area contributed by atoms with Crippen molar-refractivity contribution in [3.63, 3.8) is 0 Å². The van der Waals surface area contributed by atoms with Gasteiger partial charge in [0.25, 0.3) is 5.91 Å². The summed E-state index contributed by atoms with van der Waals surface area (Å²) in [4.78, 5) is 22.5. The third kappa shape index (κ3) is 3.14. The lowest BCUT2D eigenvalue weighted by molar-refractivity contribution is 0.0734. The van der Waals surface area contributed by atoms with Gasteiger partial charge in [-0.25, -0.2) is 4.98 Å². The molecule has 0 bridgehead atoms. The summed E-state index contributed by atoms with van der Waals surface area (Å²) in [5.74, 6) is -0.108. The van der Waals surface area contributed by atoms with E-state index in [0.717, 1.165) is 26.1 Å². The minimum absolute atomic E-state index is 0.0911. The number of carbonyl (C=O) groups excluding carboxylic acids is 1. The van der Waals surface area contributed by atoms with E-state index in [-0.39, 0.29) is 11.9 Å². The lowest BCUT2D eigenvalue weighted by Gasteiger charge is -2.23. The molecule has 0 spiro atoms. The number of H-pyrrole nitrogens is 1. The van der Waals surface area contributed by atoms with Gasteiger partial charge in [0.15, 0.2) is 5.69 Å². The predicted molar refractivity (Wildman–Crippen MR) is 98.7 cm³/mol. The van der Waals surface area contributed by atoms with Crippen LogP contribution < -0.4 is 0 Å². The van der Waals surface area contributed by atoms with Crippen molar-refractivity contribution in [3.8, 4) is 10.6 Å². The third-order valence-corrected chi connectivity index (χ3v) is 5.98. The zero-order valence-corrected chi connectivity index (χ0v) is 16.0. The van der Waals surface area contributed by atoms with Crippen LogP contribution in [0.5, 0.6) is 0 Å². The number of aromatic amines is 1. The fourth-order valence-corrected chi connectivity index (χ4v) is 4.35. The van der Waals surface area contributed by atoms with Gasteiger partial charge in [0.2, 0.25) is 0 Å². The molecule has 1 N–H and O–H groups in total. The number of nitrogens with zero attached hydrogens (tertiary/aromatic N) is 3. The second kappa shape index (κ2) is 6.49. The van der Waals surface area contributed by atoms with Gasteiger partial charge >= 0.3 is 0 Å². The number of rotatable bonds is 4. The van der Waals surface area contributed by atoms with E-state index in [1.807, 2.05) is 32.9 Å². The molecule has 1 unspecified atom stereocenters. The van der Waals surface area contributed by atoms with E-state index in [1.165, 1.54) is 4.88 Å². The Morgan fingerprint density at radius 3 is 2.58 bits per heavy atom. The summed E-state index contributed by atoms with van der Waals surface area (Å²) in [5, 5.41) is 8.18. The maximum absolute atomic E-state index is 12.7. The van der Waals surface area contributed by atoms with Crippen LogP contribution in [-0.4, -0.2) is 33.0 Å². The van der Waals surface area contributed by atoms with Crippen molar-refractivity contribution >= 4 is 28.6 Å². The maximum atomic E-state index is 12.7. The molecule has 3 rings (SSSR count). The summed E-state index contributed by atoms with van der Waals surface area (Å²) in [6.45, 7) is 8.08. The van der Waals surface area contributed by atoms with Gasteiger partial charge in [-0.15, -0.1) is 22.7 Å². The van der Waals surface area contributed by atoms with Gasteiger partial charge in [-0.2, -0.15) is 5.10 Å². The van der Waals surface area contributed by atoms with E-state index in [4.69, 9.17) is 0 Å². The summed E-state index contributed by atoms with van der Waals surface area (Å²) in [6, 6.07) is 5.82. The highest BCUT2D eigenvalue weighted by atomic mass is 32.1.